The van der Waals surface area contributed by atoms with Gasteiger partial charge in [-0.3, -0.25) is 28.8 Å². The Kier molecular flexibility index (Phi) is 4.09. The number of hydrogen-bond acceptors (Lipinski definition) is 6. The lowest BCUT2D eigenvalue weighted by molar-refractivity contribution is -0.124. The lowest BCUT2D eigenvalue weighted by Crippen LogP contribution is -2.29. The molecular formula is C20H18O6. The molecule has 1 aromatic rings. The summed E-state index contributed by atoms with van der Waals surface area (Å²) in [5, 5.41) is 0. The fourth-order valence-corrected chi connectivity index (χ4v) is 3.46. The van der Waals surface area contributed by atoms with Crippen LogP contribution in [0.3, 0.4) is 0 Å². The van der Waals surface area contributed by atoms with Crippen LogP contribution in [-0.4, -0.2) is 34.7 Å². The van der Waals surface area contributed by atoms with E-state index in [-0.39, 0.29) is 22.3 Å². The molecule has 0 fully saturated rings. The third-order valence-electron chi connectivity index (χ3n) is 4.98. The van der Waals surface area contributed by atoms with Crippen molar-refractivity contribution in [2.75, 3.05) is 0 Å². The summed E-state index contributed by atoms with van der Waals surface area (Å²) in [5.41, 5.74) is -0.0869. The van der Waals surface area contributed by atoms with Gasteiger partial charge in [0.25, 0.3) is 0 Å². The predicted octanol–water partition coefficient (Wildman–Crippen LogP) is 2.13. The molecule has 0 spiro atoms. The highest BCUT2D eigenvalue weighted by Gasteiger charge is 2.49. The average Bonchev–Trinajstić information content (AvgIpc) is 2.97. The van der Waals surface area contributed by atoms with Gasteiger partial charge in [0.1, 0.15) is 11.8 Å². The van der Waals surface area contributed by atoms with Crippen LogP contribution >= 0.6 is 0 Å². The number of ketones is 6. The Balaban J connectivity index is 2.09. The van der Waals surface area contributed by atoms with E-state index in [1.165, 1.54) is 12.1 Å². The quantitative estimate of drug-likeness (QED) is 0.768. The summed E-state index contributed by atoms with van der Waals surface area (Å²) in [7, 11) is 0. The van der Waals surface area contributed by atoms with Crippen molar-refractivity contribution >= 4 is 34.7 Å². The molecule has 3 rings (SSSR count). The molecule has 6 heteroatoms. The molecule has 0 aromatic heterocycles. The highest BCUT2D eigenvalue weighted by molar-refractivity contribution is 6.40. The first kappa shape index (κ1) is 18.0. The van der Waals surface area contributed by atoms with Crippen LogP contribution in [0.5, 0.6) is 0 Å². The first-order valence-corrected chi connectivity index (χ1v) is 8.50. The standard InChI is InChI=1S/C20H18O6/c1-7(2)15(21)13-17(23)9-5-11-12(6-10(9)18(13)24)20(26)14(19(11)25)16(22)8(3)4/h5-8,13-14H,1-4H3. The summed E-state index contributed by atoms with van der Waals surface area (Å²) < 4.78 is 0. The normalized spacial score (nSPS) is 17.5. The van der Waals surface area contributed by atoms with Gasteiger partial charge in [-0.2, -0.15) is 0 Å². The fourth-order valence-electron chi connectivity index (χ4n) is 3.46. The number of benzene rings is 1. The van der Waals surface area contributed by atoms with E-state index in [2.05, 4.69) is 0 Å². The van der Waals surface area contributed by atoms with Crippen LogP contribution in [0.15, 0.2) is 12.1 Å². The van der Waals surface area contributed by atoms with Crippen molar-refractivity contribution in [1.29, 1.82) is 0 Å². The van der Waals surface area contributed by atoms with E-state index >= 15 is 0 Å². The molecule has 0 unspecified atom stereocenters. The molecule has 6 nitrogen and oxygen atoms in total. The highest BCUT2D eigenvalue weighted by atomic mass is 16.2. The number of hydrogen-bond donors (Lipinski definition) is 0. The monoisotopic (exact) mass is 354 g/mol. The SMILES string of the molecule is CC(C)C(=O)C1C(=O)c2cc3c(cc2C1=O)C(=O)C(C(=O)C(C)C)C3=O. The highest BCUT2D eigenvalue weighted by Crippen LogP contribution is 2.36. The van der Waals surface area contributed by atoms with E-state index in [4.69, 9.17) is 0 Å². The van der Waals surface area contributed by atoms with E-state index in [0.717, 1.165) is 0 Å². The van der Waals surface area contributed by atoms with E-state index < -0.39 is 58.4 Å². The molecule has 1 aromatic carbocycles. The second-order valence-electron chi connectivity index (χ2n) is 7.38. The Morgan fingerprint density at radius 3 is 1.04 bits per heavy atom. The van der Waals surface area contributed by atoms with Crippen LogP contribution in [0.1, 0.15) is 69.1 Å². The molecule has 0 N–H and O–H groups in total. The van der Waals surface area contributed by atoms with Crippen molar-refractivity contribution in [2.45, 2.75) is 27.7 Å². The number of fused-ring (bicyclic) bond motifs is 2. The zero-order valence-corrected chi connectivity index (χ0v) is 14.9. The summed E-state index contributed by atoms with van der Waals surface area (Å²) in [6.45, 7) is 6.39. The van der Waals surface area contributed by atoms with Crippen molar-refractivity contribution in [3.8, 4) is 0 Å². The summed E-state index contributed by atoms with van der Waals surface area (Å²) >= 11 is 0. The van der Waals surface area contributed by atoms with Crippen LogP contribution in [0.2, 0.25) is 0 Å². The van der Waals surface area contributed by atoms with Crippen LogP contribution in [0.4, 0.5) is 0 Å². The number of carbonyl (C=O) groups is 6. The van der Waals surface area contributed by atoms with Crippen molar-refractivity contribution in [3.63, 3.8) is 0 Å². The lowest BCUT2D eigenvalue weighted by Gasteiger charge is -2.09. The minimum absolute atomic E-state index is 0.0217. The zero-order chi connectivity index (χ0) is 19.5. The molecule has 0 amide bonds. The number of carbonyl (C=O) groups excluding carboxylic acids is 6. The van der Waals surface area contributed by atoms with E-state index in [0.29, 0.717) is 0 Å². The molecule has 26 heavy (non-hydrogen) atoms. The van der Waals surface area contributed by atoms with Crippen molar-refractivity contribution in [2.24, 2.45) is 23.7 Å². The smallest absolute Gasteiger partial charge is 0.181 e. The topological polar surface area (TPSA) is 102 Å². The third-order valence-corrected chi connectivity index (χ3v) is 4.98. The Bertz CT molecular complexity index is 792. The number of rotatable bonds is 4. The molecule has 0 saturated carbocycles. The first-order valence-electron chi connectivity index (χ1n) is 8.50. The average molecular weight is 354 g/mol. The lowest BCUT2D eigenvalue weighted by atomic mass is 9.90. The maximum atomic E-state index is 12.6. The maximum absolute atomic E-state index is 12.6. The number of Topliss-reactive ketones (excluding diaryl/α,β-unsaturated/α-hetero) is 6. The minimum atomic E-state index is -1.41. The second kappa shape index (κ2) is 5.90. The van der Waals surface area contributed by atoms with Gasteiger partial charge < -0.3 is 0 Å². The van der Waals surface area contributed by atoms with Gasteiger partial charge in [-0.1, -0.05) is 27.7 Å². The second-order valence-corrected chi connectivity index (χ2v) is 7.38. The van der Waals surface area contributed by atoms with E-state index in [1.807, 2.05) is 0 Å². The zero-order valence-electron chi connectivity index (χ0n) is 14.9. The van der Waals surface area contributed by atoms with Crippen molar-refractivity contribution in [1.82, 2.24) is 0 Å². The Morgan fingerprint density at radius 1 is 0.615 bits per heavy atom. The van der Waals surface area contributed by atoms with Crippen molar-refractivity contribution < 1.29 is 28.8 Å². The van der Waals surface area contributed by atoms with Gasteiger partial charge in [-0.15, -0.1) is 0 Å². The summed E-state index contributed by atoms with van der Waals surface area (Å²) in [6.07, 6.45) is 0. The van der Waals surface area contributed by atoms with E-state index in [1.54, 1.807) is 27.7 Å². The molecular weight excluding hydrogens is 336 g/mol. The molecule has 0 radical (unpaired) electrons. The van der Waals surface area contributed by atoms with Gasteiger partial charge in [0.2, 0.25) is 0 Å². The Labute approximate surface area is 149 Å². The van der Waals surface area contributed by atoms with Crippen LogP contribution in [-0.2, 0) is 9.59 Å². The van der Waals surface area contributed by atoms with Crippen LogP contribution in [0.25, 0.3) is 0 Å². The molecule has 0 heterocycles. The molecule has 134 valence electrons. The summed E-state index contributed by atoms with van der Waals surface area (Å²) in [4.78, 5) is 74.7. The van der Waals surface area contributed by atoms with Gasteiger partial charge >= 0.3 is 0 Å². The van der Waals surface area contributed by atoms with Gasteiger partial charge in [-0.05, 0) is 12.1 Å². The van der Waals surface area contributed by atoms with Crippen LogP contribution in [0, 0.1) is 23.7 Å². The third kappa shape index (κ3) is 2.32. The largest absolute Gasteiger partial charge is 0.298 e. The Morgan fingerprint density at radius 2 is 0.846 bits per heavy atom. The van der Waals surface area contributed by atoms with Gasteiger partial charge in [-0.25, -0.2) is 0 Å². The van der Waals surface area contributed by atoms with Gasteiger partial charge in [0.15, 0.2) is 34.7 Å². The van der Waals surface area contributed by atoms with Gasteiger partial charge in [0, 0.05) is 34.1 Å². The Hall–Kier alpha value is -2.76. The molecule has 2 aliphatic rings. The van der Waals surface area contributed by atoms with E-state index in [9.17, 15) is 28.8 Å². The molecule has 0 atom stereocenters. The van der Waals surface area contributed by atoms with Crippen molar-refractivity contribution in [3.05, 3.63) is 34.4 Å². The molecule has 0 bridgehead atoms. The maximum Gasteiger partial charge on any atom is 0.181 e. The van der Waals surface area contributed by atoms with Gasteiger partial charge in [0.05, 0.1) is 0 Å². The predicted molar refractivity (Wildman–Crippen MR) is 90.4 cm³/mol. The molecule has 2 aliphatic carbocycles. The summed E-state index contributed by atoms with van der Waals surface area (Å²) in [6, 6.07) is 2.40. The fraction of sp³-hybridized carbons (Fsp3) is 0.400. The van der Waals surface area contributed by atoms with Crippen LogP contribution < -0.4 is 0 Å². The minimum Gasteiger partial charge on any atom is -0.298 e. The molecule has 0 saturated heterocycles. The molecule has 0 aliphatic heterocycles. The summed E-state index contributed by atoms with van der Waals surface area (Å²) in [5.74, 6) is -7.37. The first-order chi connectivity index (χ1) is 12.1.